The van der Waals surface area contributed by atoms with Crippen molar-refractivity contribution in [1.82, 2.24) is 10.2 Å². The van der Waals surface area contributed by atoms with Crippen LogP contribution in [0, 0.1) is 5.41 Å². The summed E-state index contributed by atoms with van der Waals surface area (Å²) in [4.78, 5) is 14.9. The van der Waals surface area contributed by atoms with Gasteiger partial charge in [0.2, 0.25) is 5.91 Å². The van der Waals surface area contributed by atoms with Gasteiger partial charge in [-0.15, -0.1) is 0 Å². The number of nitrogens with one attached hydrogen (secondary N) is 1. The topological polar surface area (TPSA) is 32.3 Å². The molecule has 0 bridgehead atoms. The lowest BCUT2D eigenvalue weighted by Gasteiger charge is -2.32. The van der Waals surface area contributed by atoms with Crippen molar-refractivity contribution in [3.05, 3.63) is 0 Å². The molecule has 1 atom stereocenters. The van der Waals surface area contributed by atoms with Gasteiger partial charge in [-0.1, -0.05) is 40.5 Å². The molecule has 0 aromatic carbocycles. The third-order valence-electron chi connectivity index (χ3n) is 4.89. The molecule has 1 spiro atoms. The summed E-state index contributed by atoms with van der Waals surface area (Å²) in [6.07, 6.45) is 6.83. The summed E-state index contributed by atoms with van der Waals surface area (Å²) in [6, 6.07) is 0. The van der Waals surface area contributed by atoms with Crippen molar-refractivity contribution in [2.24, 2.45) is 5.41 Å². The van der Waals surface area contributed by atoms with Gasteiger partial charge in [0.05, 0.1) is 11.7 Å². The van der Waals surface area contributed by atoms with Crippen molar-refractivity contribution in [3.8, 4) is 0 Å². The Morgan fingerprint density at radius 3 is 2.44 bits per heavy atom. The van der Waals surface area contributed by atoms with Gasteiger partial charge in [-0.05, 0) is 31.1 Å². The third-order valence-corrected chi connectivity index (χ3v) is 4.89. The molecule has 3 nitrogen and oxygen atoms in total. The average molecular weight is 252 g/mol. The maximum Gasteiger partial charge on any atom is 0.244 e. The fourth-order valence-corrected chi connectivity index (χ4v) is 3.29. The second kappa shape index (κ2) is 4.84. The Balaban J connectivity index is 2.16. The molecule has 1 saturated heterocycles. The van der Waals surface area contributed by atoms with Gasteiger partial charge in [0.15, 0.2) is 0 Å². The molecule has 1 unspecified atom stereocenters. The van der Waals surface area contributed by atoms with Crippen LogP contribution in [0.15, 0.2) is 0 Å². The van der Waals surface area contributed by atoms with Crippen molar-refractivity contribution in [2.45, 2.75) is 77.9 Å². The Bertz CT molecular complexity index is 318. The summed E-state index contributed by atoms with van der Waals surface area (Å²) in [6.45, 7) is 9.78. The molecule has 0 radical (unpaired) electrons. The van der Waals surface area contributed by atoms with E-state index in [1.807, 2.05) is 0 Å². The molecule has 1 heterocycles. The molecule has 3 heteroatoms. The highest BCUT2D eigenvalue weighted by molar-refractivity contribution is 5.89. The van der Waals surface area contributed by atoms with Gasteiger partial charge in [-0.25, -0.2) is 0 Å². The van der Waals surface area contributed by atoms with Crippen LogP contribution in [0.5, 0.6) is 0 Å². The molecule has 1 aliphatic carbocycles. The van der Waals surface area contributed by atoms with Crippen LogP contribution >= 0.6 is 0 Å². The smallest absolute Gasteiger partial charge is 0.244 e. The normalized spacial score (nSPS) is 27.4. The van der Waals surface area contributed by atoms with E-state index in [9.17, 15) is 4.79 Å². The summed E-state index contributed by atoms with van der Waals surface area (Å²) in [5.41, 5.74) is 0.0133. The first-order valence-corrected chi connectivity index (χ1v) is 7.53. The van der Waals surface area contributed by atoms with E-state index in [1.54, 1.807) is 0 Å². The summed E-state index contributed by atoms with van der Waals surface area (Å²) < 4.78 is 0. The van der Waals surface area contributed by atoms with Gasteiger partial charge < -0.3 is 4.90 Å². The molecule has 1 N–H and O–H groups in total. The summed E-state index contributed by atoms with van der Waals surface area (Å²) in [7, 11) is 0. The van der Waals surface area contributed by atoms with Gasteiger partial charge in [0.1, 0.15) is 0 Å². The summed E-state index contributed by atoms with van der Waals surface area (Å²) >= 11 is 0. The molecule has 2 aliphatic rings. The Labute approximate surface area is 111 Å². The van der Waals surface area contributed by atoms with Gasteiger partial charge in [-0.2, -0.15) is 0 Å². The predicted molar refractivity (Wildman–Crippen MR) is 74.2 cm³/mol. The molecule has 1 amide bonds. The molecule has 1 aliphatic heterocycles. The molecular formula is C15H28N2O. The number of rotatable bonds is 4. The first-order chi connectivity index (χ1) is 8.44. The van der Waals surface area contributed by atoms with Crippen LogP contribution in [0.4, 0.5) is 0 Å². The zero-order chi connectivity index (χ0) is 13.4. The van der Waals surface area contributed by atoms with Crippen LogP contribution in [-0.4, -0.2) is 29.1 Å². The minimum atomic E-state index is -0.204. The molecule has 2 fully saturated rings. The maximum atomic E-state index is 12.8. The van der Waals surface area contributed by atoms with Crippen molar-refractivity contribution >= 4 is 5.91 Å². The summed E-state index contributed by atoms with van der Waals surface area (Å²) in [5.74, 6) is 0.369. The Morgan fingerprint density at radius 2 is 1.94 bits per heavy atom. The van der Waals surface area contributed by atoms with Crippen LogP contribution in [-0.2, 0) is 4.79 Å². The fraction of sp³-hybridized carbons (Fsp3) is 0.933. The van der Waals surface area contributed by atoms with Crippen molar-refractivity contribution in [1.29, 1.82) is 0 Å². The summed E-state index contributed by atoms with van der Waals surface area (Å²) in [5, 5.41) is 3.64. The molecule has 0 aromatic heterocycles. The van der Waals surface area contributed by atoms with Crippen LogP contribution in [0.1, 0.15) is 66.2 Å². The lowest BCUT2D eigenvalue weighted by Crippen LogP contribution is -2.45. The van der Waals surface area contributed by atoms with Crippen LogP contribution in [0.25, 0.3) is 0 Å². The van der Waals surface area contributed by atoms with Crippen LogP contribution in [0.2, 0.25) is 0 Å². The molecule has 1 saturated carbocycles. The zero-order valence-electron chi connectivity index (χ0n) is 12.4. The zero-order valence-corrected chi connectivity index (χ0v) is 12.4. The highest BCUT2D eigenvalue weighted by Gasteiger charge is 2.52. The molecule has 0 aromatic rings. The highest BCUT2D eigenvalue weighted by atomic mass is 16.2. The van der Waals surface area contributed by atoms with E-state index >= 15 is 0 Å². The molecule has 18 heavy (non-hydrogen) atoms. The SMILES string of the molecule is CCC1NC2(CCCC2)C(=O)N1CC(C)(C)CC. The Hall–Kier alpha value is -0.570. The van der Waals surface area contributed by atoms with Crippen molar-refractivity contribution < 1.29 is 4.79 Å². The highest BCUT2D eigenvalue weighted by Crippen LogP contribution is 2.38. The number of carbonyl (C=O) groups excluding carboxylic acids is 1. The number of hydrogen-bond acceptors (Lipinski definition) is 2. The van der Waals surface area contributed by atoms with E-state index < -0.39 is 0 Å². The standard InChI is InChI=1S/C15H28N2O/c1-5-12-16-15(9-7-8-10-15)13(18)17(12)11-14(3,4)6-2/h12,16H,5-11H2,1-4H3. The minimum absolute atomic E-state index is 0.204. The Morgan fingerprint density at radius 1 is 1.33 bits per heavy atom. The van der Waals surface area contributed by atoms with E-state index in [0.717, 1.165) is 32.2 Å². The first-order valence-electron chi connectivity index (χ1n) is 7.53. The lowest BCUT2D eigenvalue weighted by atomic mass is 9.89. The molecule has 2 rings (SSSR count). The quantitative estimate of drug-likeness (QED) is 0.834. The maximum absolute atomic E-state index is 12.8. The van der Waals surface area contributed by atoms with E-state index in [1.165, 1.54) is 12.8 Å². The monoisotopic (exact) mass is 252 g/mol. The van der Waals surface area contributed by atoms with Crippen molar-refractivity contribution in [2.75, 3.05) is 6.54 Å². The van der Waals surface area contributed by atoms with Crippen LogP contribution in [0.3, 0.4) is 0 Å². The predicted octanol–water partition coefficient (Wildman–Crippen LogP) is 2.90. The van der Waals surface area contributed by atoms with E-state index in [2.05, 4.69) is 37.9 Å². The number of amides is 1. The Kier molecular flexibility index (Phi) is 3.72. The third kappa shape index (κ3) is 2.29. The second-order valence-electron chi connectivity index (χ2n) is 6.81. The number of hydrogen-bond donors (Lipinski definition) is 1. The van der Waals surface area contributed by atoms with Gasteiger partial charge in [-0.3, -0.25) is 10.1 Å². The average Bonchev–Trinajstić information content (AvgIpc) is 2.91. The largest absolute Gasteiger partial charge is 0.325 e. The second-order valence-corrected chi connectivity index (χ2v) is 6.81. The van der Waals surface area contributed by atoms with E-state index in [4.69, 9.17) is 0 Å². The van der Waals surface area contributed by atoms with Gasteiger partial charge in [0, 0.05) is 6.54 Å². The lowest BCUT2D eigenvalue weighted by molar-refractivity contribution is -0.134. The van der Waals surface area contributed by atoms with Gasteiger partial charge >= 0.3 is 0 Å². The fourth-order valence-electron chi connectivity index (χ4n) is 3.29. The first kappa shape index (κ1) is 13.9. The van der Waals surface area contributed by atoms with E-state index in [0.29, 0.717) is 5.91 Å². The van der Waals surface area contributed by atoms with Crippen LogP contribution < -0.4 is 5.32 Å². The van der Waals surface area contributed by atoms with Gasteiger partial charge in [0.25, 0.3) is 0 Å². The van der Waals surface area contributed by atoms with E-state index in [-0.39, 0.29) is 17.1 Å². The minimum Gasteiger partial charge on any atom is -0.325 e. The van der Waals surface area contributed by atoms with Crippen molar-refractivity contribution in [3.63, 3.8) is 0 Å². The molecule has 104 valence electrons. The number of nitrogens with zero attached hydrogens (tertiary/aromatic N) is 1. The molecular weight excluding hydrogens is 224 g/mol. The number of carbonyl (C=O) groups is 1.